The lowest BCUT2D eigenvalue weighted by atomic mass is 9.83. The lowest BCUT2D eigenvalue weighted by molar-refractivity contribution is -0.0556. The molecule has 0 aromatic heterocycles. The van der Waals surface area contributed by atoms with Gasteiger partial charge < -0.3 is 15.2 Å². The topological polar surface area (TPSA) is 44.5 Å². The van der Waals surface area contributed by atoms with E-state index in [1.165, 1.54) is 12.8 Å². The van der Waals surface area contributed by atoms with Gasteiger partial charge in [-0.25, -0.2) is 0 Å². The van der Waals surface area contributed by atoms with Crippen molar-refractivity contribution >= 4 is 0 Å². The van der Waals surface area contributed by atoms with Crippen LogP contribution in [0.1, 0.15) is 25.7 Å². The van der Waals surface area contributed by atoms with Crippen molar-refractivity contribution in [1.82, 2.24) is 0 Å². The first-order chi connectivity index (χ1) is 6.85. The Kier molecular flexibility index (Phi) is 3.42. The summed E-state index contributed by atoms with van der Waals surface area (Å²) in [4.78, 5) is 0. The minimum absolute atomic E-state index is 0.118. The SMILES string of the molecule is NCC1(COCC2CC2)CCCOC1. The summed E-state index contributed by atoms with van der Waals surface area (Å²) in [5.74, 6) is 0.842. The molecule has 1 aliphatic carbocycles. The zero-order valence-corrected chi connectivity index (χ0v) is 8.84. The van der Waals surface area contributed by atoms with E-state index in [1.54, 1.807) is 0 Å². The van der Waals surface area contributed by atoms with E-state index < -0.39 is 0 Å². The summed E-state index contributed by atoms with van der Waals surface area (Å²) >= 11 is 0. The molecular weight excluding hydrogens is 178 g/mol. The molecule has 1 saturated carbocycles. The molecule has 1 heterocycles. The third kappa shape index (κ3) is 2.69. The first-order valence-electron chi connectivity index (χ1n) is 5.70. The summed E-state index contributed by atoms with van der Waals surface area (Å²) in [7, 11) is 0. The lowest BCUT2D eigenvalue weighted by Crippen LogP contribution is -2.42. The van der Waals surface area contributed by atoms with Crippen molar-refractivity contribution in [2.45, 2.75) is 25.7 Å². The van der Waals surface area contributed by atoms with Gasteiger partial charge in [0, 0.05) is 25.2 Å². The Morgan fingerprint density at radius 1 is 1.43 bits per heavy atom. The Bertz CT molecular complexity index is 174. The second-order valence-corrected chi connectivity index (χ2v) is 4.82. The third-order valence-electron chi connectivity index (χ3n) is 3.30. The van der Waals surface area contributed by atoms with Crippen molar-refractivity contribution in [3.8, 4) is 0 Å². The summed E-state index contributed by atoms with van der Waals surface area (Å²) < 4.78 is 11.2. The van der Waals surface area contributed by atoms with Crippen molar-refractivity contribution < 1.29 is 9.47 Å². The Labute approximate surface area is 85.9 Å². The van der Waals surface area contributed by atoms with Gasteiger partial charge in [-0.1, -0.05) is 0 Å². The van der Waals surface area contributed by atoms with Crippen LogP contribution in [-0.4, -0.2) is 33.0 Å². The van der Waals surface area contributed by atoms with Gasteiger partial charge in [-0.2, -0.15) is 0 Å². The third-order valence-corrected chi connectivity index (χ3v) is 3.30. The molecular formula is C11H21NO2. The molecule has 1 atom stereocenters. The fraction of sp³-hybridized carbons (Fsp3) is 1.00. The van der Waals surface area contributed by atoms with Crippen molar-refractivity contribution in [3.05, 3.63) is 0 Å². The van der Waals surface area contributed by atoms with Gasteiger partial charge >= 0.3 is 0 Å². The summed E-state index contributed by atoms with van der Waals surface area (Å²) in [5.41, 5.74) is 5.93. The Morgan fingerprint density at radius 2 is 2.29 bits per heavy atom. The van der Waals surface area contributed by atoms with Crippen molar-refractivity contribution in [2.75, 3.05) is 33.0 Å². The van der Waals surface area contributed by atoms with E-state index in [4.69, 9.17) is 15.2 Å². The molecule has 0 bridgehead atoms. The van der Waals surface area contributed by atoms with Crippen LogP contribution in [-0.2, 0) is 9.47 Å². The molecule has 3 nitrogen and oxygen atoms in total. The van der Waals surface area contributed by atoms with E-state index in [-0.39, 0.29) is 5.41 Å². The maximum absolute atomic E-state index is 5.81. The van der Waals surface area contributed by atoms with Crippen LogP contribution in [0.25, 0.3) is 0 Å². The van der Waals surface area contributed by atoms with Crippen molar-refractivity contribution in [3.63, 3.8) is 0 Å². The molecule has 0 aromatic rings. The molecule has 0 spiro atoms. The molecule has 3 heteroatoms. The molecule has 2 fully saturated rings. The van der Waals surface area contributed by atoms with Crippen molar-refractivity contribution in [2.24, 2.45) is 17.1 Å². The van der Waals surface area contributed by atoms with Gasteiger partial charge in [0.2, 0.25) is 0 Å². The van der Waals surface area contributed by atoms with Gasteiger partial charge in [0.1, 0.15) is 0 Å². The van der Waals surface area contributed by atoms with Crippen LogP contribution in [0.4, 0.5) is 0 Å². The lowest BCUT2D eigenvalue weighted by Gasteiger charge is -2.35. The highest BCUT2D eigenvalue weighted by atomic mass is 16.5. The van der Waals surface area contributed by atoms with Gasteiger partial charge in [-0.3, -0.25) is 0 Å². The Morgan fingerprint density at radius 3 is 2.86 bits per heavy atom. The van der Waals surface area contributed by atoms with Crippen LogP contribution in [0.3, 0.4) is 0 Å². The van der Waals surface area contributed by atoms with E-state index in [1.807, 2.05) is 0 Å². The molecule has 1 saturated heterocycles. The number of hydrogen-bond donors (Lipinski definition) is 1. The first-order valence-corrected chi connectivity index (χ1v) is 5.70. The average molecular weight is 199 g/mol. The monoisotopic (exact) mass is 199 g/mol. The van der Waals surface area contributed by atoms with Crippen LogP contribution in [0, 0.1) is 11.3 Å². The van der Waals surface area contributed by atoms with Gasteiger partial charge in [0.15, 0.2) is 0 Å². The molecule has 0 aromatic carbocycles. The Balaban J connectivity index is 1.71. The summed E-state index contributed by atoms with van der Waals surface area (Å²) in [6, 6.07) is 0. The molecule has 1 aliphatic heterocycles. The first kappa shape index (κ1) is 10.4. The highest BCUT2D eigenvalue weighted by molar-refractivity contribution is 4.83. The fourth-order valence-corrected chi connectivity index (χ4v) is 1.97. The van der Waals surface area contributed by atoms with Gasteiger partial charge in [0.25, 0.3) is 0 Å². The second kappa shape index (κ2) is 4.60. The van der Waals surface area contributed by atoms with E-state index in [2.05, 4.69) is 0 Å². The molecule has 2 rings (SSSR count). The highest BCUT2D eigenvalue weighted by Crippen LogP contribution is 2.31. The predicted octanol–water partition coefficient (Wildman–Crippen LogP) is 1.17. The van der Waals surface area contributed by atoms with E-state index in [9.17, 15) is 0 Å². The Hall–Kier alpha value is -0.120. The molecule has 2 N–H and O–H groups in total. The predicted molar refractivity (Wildman–Crippen MR) is 55.1 cm³/mol. The number of hydrogen-bond acceptors (Lipinski definition) is 3. The molecule has 82 valence electrons. The molecule has 0 amide bonds. The van der Waals surface area contributed by atoms with Crippen LogP contribution < -0.4 is 5.73 Å². The number of ether oxygens (including phenoxy) is 2. The molecule has 0 radical (unpaired) electrons. The largest absolute Gasteiger partial charge is 0.381 e. The minimum Gasteiger partial charge on any atom is -0.381 e. The normalized spacial score (nSPS) is 33.2. The van der Waals surface area contributed by atoms with Gasteiger partial charge in [-0.15, -0.1) is 0 Å². The van der Waals surface area contributed by atoms with E-state index in [0.29, 0.717) is 6.54 Å². The summed E-state index contributed by atoms with van der Waals surface area (Å²) in [6.45, 7) is 4.10. The number of nitrogens with two attached hydrogens (primary N) is 1. The van der Waals surface area contributed by atoms with Crippen LogP contribution in [0.2, 0.25) is 0 Å². The smallest absolute Gasteiger partial charge is 0.0556 e. The van der Waals surface area contributed by atoms with E-state index >= 15 is 0 Å². The number of rotatable bonds is 5. The van der Waals surface area contributed by atoms with E-state index in [0.717, 1.165) is 45.2 Å². The molecule has 14 heavy (non-hydrogen) atoms. The van der Waals surface area contributed by atoms with Gasteiger partial charge in [-0.05, 0) is 31.6 Å². The maximum atomic E-state index is 5.81. The maximum Gasteiger partial charge on any atom is 0.0556 e. The second-order valence-electron chi connectivity index (χ2n) is 4.82. The summed E-state index contributed by atoms with van der Waals surface area (Å²) in [6.07, 6.45) is 5.00. The van der Waals surface area contributed by atoms with Gasteiger partial charge in [0.05, 0.1) is 13.2 Å². The fourth-order valence-electron chi connectivity index (χ4n) is 1.97. The van der Waals surface area contributed by atoms with Crippen LogP contribution in [0.15, 0.2) is 0 Å². The summed E-state index contributed by atoms with van der Waals surface area (Å²) in [5, 5.41) is 0. The zero-order valence-electron chi connectivity index (χ0n) is 8.84. The average Bonchev–Trinajstić information content (AvgIpc) is 3.03. The molecule has 2 aliphatic rings. The van der Waals surface area contributed by atoms with Crippen LogP contribution in [0.5, 0.6) is 0 Å². The van der Waals surface area contributed by atoms with Crippen molar-refractivity contribution in [1.29, 1.82) is 0 Å². The van der Waals surface area contributed by atoms with Crippen LogP contribution >= 0.6 is 0 Å². The molecule has 1 unspecified atom stereocenters. The standard InChI is InChI=1S/C11H21NO2/c12-7-11(4-1-5-13-8-11)9-14-6-10-2-3-10/h10H,1-9,12H2. The highest BCUT2D eigenvalue weighted by Gasteiger charge is 2.32. The minimum atomic E-state index is 0.118. The zero-order chi connectivity index (χ0) is 9.86. The quantitative estimate of drug-likeness (QED) is 0.723.